The Balaban J connectivity index is 1.90. The first-order valence-corrected chi connectivity index (χ1v) is 6.71. The van der Waals surface area contributed by atoms with Crippen LogP contribution in [0, 0.1) is 5.92 Å². The average Bonchev–Trinajstić information content (AvgIpc) is 2.35. The van der Waals surface area contributed by atoms with E-state index in [1.807, 2.05) is 0 Å². The lowest BCUT2D eigenvalue weighted by atomic mass is 10.0. The van der Waals surface area contributed by atoms with Gasteiger partial charge < -0.3 is 14.6 Å². The lowest BCUT2D eigenvalue weighted by Crippen LogP contribution is -2.22. The molecule has 1 saturated heterocycles. The van der Waals surface area contributed by atoms with Gasteiger partial charge >= 0.3 is 0 Å². The van der Waals surface area contributed by atoms with E-state index in [0.717, 1.165) is 45.3 Å². The number of ether oxygens (including phenoxy) is 2. The number of unbranched alkanes of at least 4 members (excludes halogenated alkanes) is 1. The zero-order chi connectivity index (χ0) is 11.6. The van der Waals surface area contributed by atoms with Crippen molar-refractivity contribution in [1.29, 1.82) is 0 Å². The highest BCUT2D eigenvalue weighted by Gasteiger charge is 2.13. The van der Waals surface area contributed by atoms with Gasteiger partial charge in [-0.25, -0.2) is 0 Å². The summed E-state index contributed by atoms with van der Waals surface area (Å²) < 4.78 is 11.1. The van der Waals surface area contributed by atoms with E-state index in [2.05, 4.69) is 6.92 Å². The second-order valence-corrected chi connectivity index (χ2v) is 4.62. The van der Waals surface area contributed by atoms with Gasteiger partial charge in [-0.15, -0.1) is 0 Å². The molecule has 16 heavy (non-hydrogen) atoms. The molecule has 0 radical (unpaired) electrons. The van der Waals surface area contributed by atoms with Crippen molar-refractivity contribution in [2.45, 2.75) is 58.2 Å². The summed E-state index contributed by atoms with van der Waals surface area (Å²) in [5, 5.41) is 9.04. The molecular formula is C13H26O3. The van der Waals surface area contributed by atoms with Gasteiger partial charge in [0.1, 0.15) is 0 Å². The standard InChI is InChI=1S/C13H26O3/c1-2-12(11-14)7-3-5-9-15-13-8-4-6-10-16-13/h12-14H,2-11H2,1H3/t12-,13+/m1/s1. The minimum atomic E-state index is 0.0496. The molecule has 0 saturated carbocycles. The summed E-state index contributed by atoms with van der Waals surface area (Å²) in [4.78, 5) is 0. The first-order valence-electron chi connectivity index (χ1n) is 6.71. The van der Waals surface area contributed by atoms with Gasteiger partial charge in [0.2, 0.25) is 0 Å². The van der Waals surface area contributed by atoms with Crippen LogP contribution in [0.1, 0.15) is 51.9 Å². The smallest absolute Gasteiger partial charge is 0.157 e. The van der Waals surface area contributed by atoms with Crippen molar-refractivity contribution < 1.29 is 14.6 Å². The van der Waals surface area contributed by atoms with E-state index in [4.69, 9.17) is 14.6 Å². The van der Waals surface area contributed by atoms with Gasteiger partial charge in [-0.3, -0.25) is 0 Å². The molecule has 1 fully saturated rings. The van der Waals surface area contributed by atoms with E-state index >= 15 is 0 Å². The maximum Gasteiger partial charge on any atom is 0.157 e. The first-order chi connectivity index (χ1) is 7.86. The summed E-state index contributed by atoms with van der Waals surface area (Å²) in [6, 6.07) is 0. The molecule has 0 aliphatic carbocycles. The summed E-state index contributed by atoms with van der Waals surface area (Å²) in [7, 11) is 0. The van der Waals surface area contributed by atoms with Crippen LogP contribution < -0.4 is 0 Å². The monoisotopic (exact) mass is 230 g/mol. The Morgan fingerprint density at radius 1 is 1.38 bits per heavy atom. The Labute approximate surface area is 99.1 Å². The number of rotatable bonds is 8. The van der Waals surface area contributed by atoms with E-state index in [9.17, 15) is 0 Å². The molecule has 0 aromatic rings. The maximum atomic E-state index is 9.04. The number of hydrogen-bond acceptors (Lipinski definition) is 3. The molecule has 3 nitrogen and oxygen atoms in total. The van der Waals surface area contributed by atoms with Crippen molar-refractivity contribution in [3.05, 3.63) is 0 Å². The van der Waals surface area contributed by atoms with Gasteiger partial charge in [0, 0.05) is 19.8 Å². The molecular weight excluding hydrogens is 204 g/mol. The third-order valence-electron chi connectivity index (χ3n) is 3.28. The summed E-state index contributed by atoms with van der Waals surface area (Å²) >= 11 is 0. The second-order valence-electron chi connectivity index (χ2n) is 4.62. The summed E-state index contributed by atoms with van der Waals surface area (Å²) in [6.07, 6.45) is 7.91. The molecule has 0 amide bonds. The Morgan fingerprint density at radius 2 is 2.25 bits per heavy atom. The number of hydrogen-bond donors (Lipinski definition) is 1. The van der Waals surface area contributed by atoms with Crippen LogP contribution in [-0.4, -0.2) is 31.2 Å². The van der Waals surface area contributed by atoms with Crippen LogP contribution in [0.25, 0.3) is 0 Å². The Bertz CT molecular complexity index is 151. The summed E-state index contributed by atoms with van der Waals surface area (Å²) in [5.74, 6) is 0.478. The lowest BCUT2D eigenvalue weighted by Gasteiger charge is -2.22. The van der Waals surface area contributed by atoms with Gasteiger partial charge in [0.25, 0.3) is 0 Å². The van der Waals surface area contributed by atoms with Gasteiger partial charge in [-0.2, -0.15) is 0 Å². The highest BCUT2D eigenvalue weighted by Crippen LogP contribution is 2.15. The van der Waals surface area contributed by atoms with Crippen LogP contribution in [0.5, 0.6) is 0 Å². The van der Waals surface area contributed by atoms with Gasteiger partial charge in [0.05, 0.1) is 0 Å². The van der Waals surface area contributed by atoms with Crippen molar-refractivity contribution >= 4 is 0 Å². The van der Waals surface area contributed by atoms with Crippen LogP contribution in [0.15, 0.2) is 0 Å². The first kappa shape index (κ1) is 13.9. The Hall–Kier alpha value is -0.120. The van der Waals surface area contributed by atoms with Gasteiger partial charge in [0.15, 0.2) is 6.29 Å². The van der Waals surface area contributed by atoms with Crippen molar-refractivity contribution in [3.63, 3.8) is 0 Å². The molecule has 1 aliphatic heterocycles. The fourth-order valence-corrected chi connectivity index (χ4v) is 2.02. The molecule has 3 heteroatoms. The Morgan fingerprint density at radius 3 is 2.88 bits per heavy atom. The largest absolute Gasteiger partial charge is 0.396 e. The van der Waals surface area contributed by atoms with E-state index in [1.54, 1.807) is 0 Å². The zero-order valence-electron chi connectivity index (χ0n) is 10.5. The summed E-state index contributed by atoms with van der Waals surface area (Å²) in [6.45, 7) is 4.11. The van der Waals surface area contributed by atoms with Gasteiger partial charge in [-0.1, -0.05) is 19.8 Å². The third kappa shape index (κ3) is 5.83. The van der Waals surface area contributed by atoms with E-state index in [-0.39, 0.29) is 6.29 Å². The third-order valence-corrected chi connectivity index (χ3v) is 3.28. The number of aliphatic hydroxyl groups excluding tert-OH is 1. The van der Waals surface area contributed by atoms with Crippen LogP contribution in [0.2, 0.25) is 0 Å². The van der Waals surface area contributed by atoms with Gasteiger partial charge in [-0.05, 0) is 38.0 Å². The molecule has 0 aromatic carbocycles. The molecule has 0 spiro atoms. The lowest BCUT2D eigenvalue weighted by molar-refractivity contribution is -0.162. The molecule has 2 atom stereocenters. The predicted octanol–water partition coefficient (Wildman–Crippen LogP) is 2.72. The van der Waals surface area contributed by atoms with Crippen LogP contribution in [-0.2, 0) is 9.47 Å². The molecule has 0 bridgehead atoms. The highest BCUT2D eigenvalue weighted by molar-refractivity contribution is 4.56. The topological polar surface area (TPSA) is 38.7 Å². The van der Waals surface area contributed by atoms with E-state index < -0.39 is 0 Å². The molecule has 96 valence electrons. The normalized spacial score (nSPS) is 23.2. The Kier molecular flexibility index (Phi) is 7.81. The minimum absolute atomic E-state index is 0.0496. The van der Waals surface area contributed by atoms with E-state index in [0.29, 0.717) is 12.5 Å². The fraction of sp³-hybridized carbons (Fsp3) is 1.00. The maximum absolute atomic E-state index is 9.04. The average molecular weight is 230 g/mol. The molecule has 1 rings (SSSR count). The quantitative estimate of drug-likeness (QED) is 0.652. The predicted molar refractivity (Wildman–Crippen MR) is 64.3 cm³/mol. The number of aliphatic hydroxyl groups is 1. The van der Waals surface area contributed by atoms with Crippen LogP contribution in [0.4, 0.5) is 0 Å². The molecule has 1 aliphatic rings. The van der Waals surface area contributed by atoms with Crippen LogP contribution >= 0.6 is 0 Å². The zero-order valence-corrected chi connectivity index (χ0v) is 10.5. The molecule has 1 N–H and O–H groups in total. The molecule has 1 heterocycles. The molecule has 0 aromatic heterocycles. The van der Waals surface area contributed by atoms with Crippen molar-refractivity contribution in [1.82, 2.24) is 0 Å². The highest BCUT2D eigenvalue weighted by atomic mass is 16.7. The van der Waals surface area contributed by atoms with Crippen molar-refractivity contribution in [3.8, 4) is 0 Å². The van der Waals surface area contributed by atoms with Crippen molar-refractivity contribution in [2.24, 2.45) is 5.92 Å². The van der Waals surface area contributed by atoms with E-state index in [1.165, 1.54) is 12.8 Å². The minimum Gasteiger partial charge on any atom is -0.396 e. The van der Waals surface area contributed by atoms with Crippen molar-refractivity contribution in [2.75, 3.05) is 19.8 Å². The fourth-order valence-electron chi connectivity index (χ4n) is 2.02. The molecule has 0 unspecified atom stereocenters. The summed E-state index contributed by atoms with van der Waals surface area (Å²) in [5.41, 5.74) is 0. The second kappa shape index (κ2) is 8.97. The van der Waals surface area contributed by atoms with Crippen LogP contribution in [0.3, 0.4) is 0 Å². The SMILES string of the molecule is CC[C@@H](CO)CCCCO[C@@H]1CCCCO1.